The van der Waals surface area contributed by atoms with Gasteiger partial charge in [0.1, 0.15) is 6.54 Å². The van der Waals surface area contributed by atoms with E-state index in [1.165, 1.54) is 24.1 Å². The van der Waals surface area contributed by atoms with Gasteiger partial charge in [-0.1, -0.05) is 19.9 Å². The summed E-state index contributed by atoms with van der Waals surface area (Å²) in [4.78, 5) is 24.4. The van der Waals surface area contributed by atoms with Crippen LogP contribution in [0.5, 0.6) is 11.5 Å². The van der Waals surface area contributed by atoms with Gasteiger partial charge in [0.15, 0.2) is 11.5 Å². The Balaban J connectivity index is 3.08. The number of benzene rings is 1. The third-order valence-corrected chi connectivity index (χ3v) is 2.65. The molecule has 0 aliphatic carbocycles. The second-order valence-corrected chi connectivity index (χ2v) is 4.83. The van der Waals surface area contributed by atoms with Gasteiger partial charge in [-0.15, -0.1) is 0 Å². The van der Waals surface area contributed by atoms with Gasteiger partial charge in [-0.25, -0.2) is 0 Å². The quantitative estimate of drug-likeness (QED) is 0.826. The normalized spacial score (nSPS) is 10.4. The minimum atomic E-state index is -1.10. The van der Waals surface area contributed by atoms with E-state index in [0.717, 1.165) is 0 Å². The number of amides is 1. The highest BCUT2D eigenvalue weighted by molar-refractivity contribution is 5.98. The number of methoxy groups -OCH3 is 1. The van der Waals surface area contributed by atoms with Crippen LogP contribution in [0.25, 0.3) is 0 Å². The number of rotatable bonds is 6. The van der Waals surface area contributed by atoms with Gasteiger partial charge in [0.05, 0.1) is 12.7 Å². The molecule has 0 bridgehead atoms. The molecule has 110 valence electrons. The molecule has 0 spiro atoms. The van der Waals surface area contributed by atoms with Crippen molar-refractivity contribution in [3.8, 4) is 11.5 Å². The van der Waals surface area contributed by atoms with Crippen LogP contribution >= 0.6 is 0 Å². The second kappa shape index (κ2) is 6.79. The van der Waals surface area contributed by atoms with Gasteiger partial charge in [0, 0.05) is 6.54 Å². The van der Waals surface area contributed by atoms with Crippen molar-refractivity contribution in [1.82, 2.24) is 4.90 Å². The zero-order valence-corrected chi connectivity index (χ0v) is 11.8. The van der Waals surface area contributed by atoms with Crippen molar-refractivity contribution >= 4 is 11.9 Å². The summed E-state index contributed by atoms with van der Waals surface area (Å²) in [6.07, 6.45) is 0. The number of nitrogens with zero attached hydrogens (tertiary/aromatic N) is 1. The van der Waals surface area contributed by atoms with Crippen LogP contribution in [0, 0.1) is 5.92 Å². The number of para-hydroxylation sites is 1. The number of phenolic OH excluding ortho intramolecular Hbond substituents is 1. The van der Waals surface area contributed by atoms with E-state index >= 15 is 0 Å². The van der Waals surface area contributed by atoms with Crippen molar-refractivity contribution in [2.75, 3.05) is 20.2 Å². The van der Waals surface area contributed by atoms with Crippen molar-refractivity contribution in [1.29, 1.82) is 0 Å². The SMILES string of the molecule is COc1cccc(C(=O)N(CC(=O)O)CC(C)C)c1O. The van der Waals surface area contributed by atoms with Gasteiger partial charge in [0.2, 0.25) is 0 Å². The van der Waals surface area contributed by atoms with Gasteiger partial charge < -0.3 is 19.8 Å². The third-order valence-electron chi connectivity index (χ3n) is 2.65. The standard InChI is InChI=1S/C14H19NO5/c1-9(2)7-15(8-12(16)17)14(19)10-5-4-6-11(20-3)13(10)18/h4-6,9,18H,7-8H2,1-3H3,(H,16,17). The van der Waals surface area contributed by atoms with Crippen LogP contribution in [-0.4, -0.2) is 47.2 Å². The lowest BCUT2D eigenvalue weighted by atomic mass is 10.1. The van der Waals surface area contributed by atoms with Crippen molar-refractivity contribution in [2.45, 2.75) is 13.8 Å². The molecule has 2 N–H and O–H groups in total. The minimum absolute atomic E-state index is 0.0336. The summed E-state index contributed by atoms with van der Waals surface area (Å²) in [6, 6.07) is 4.53. The highest BCUT2D eigenvalue weighted by Crippen LogP contribution is 2.30. The number of carbonyl (C=O) groups is 2. The average molecular weight is 281 g/mol. The molecule has 6 nitrogen and oxygen atoms in total. The molecule has 0 aromatic heterocycles. The number of ether oxygens (including phenoxy) is 1. The first kappa shape index (κ1) is 15.8. The summed E-state index contributed by atoms with van der Waals surface area (Å²) in [5.74, 6) is -1.61. The number of aliphatic carboxylic acids is 1. The van der Waals surface area contributed by atoms with Crippen molar-refractivity contribution in [3.05, 3.63) is 23.8 Å². The summed E-state index contributed by atoms with van der Waals surface area (Å²) < 4.78 is 4.94. The lowest BCUT2D eigenvalue weighted by molar-refractivity contribution is -0.137. The van der Waals surface area contributed by atoms with E-state index < -0.39 is 18.4 Å². The van der Waals surface area contributed by atoms with Gasteiger partial charge in [-0.05, 0) is 18.1 Å². The van der Waals surface area contributed by atoms with Gasteiger partial charge in [-0.2, -0.15) is 0 Å². The molecule has 1 aromatic rings. The Kier molecular flexibility index (Phi) is 5.37. The maximum Gasteiger partial charge on any atom is 0.323 e. The number of carbonyl (C=O) groups excluding carboxylic acids is 1. The third kappa shape index (κ3) is 3.88. The van der Waals surface area contributed by atoms with Crippen LogP contribution < -0.4 is 4.74 Å². The molecule has 1 amide bonds. The maximum absolute atomic E-state index is 12.4. The number of carboxylic acids is 1. The fourth-order valence-corrected chi connectivity index (χ4v) is 1.85. The van der Waals surface area contributed by atoms with E-state index in [0.29, 0.717) is 6.54 Å². The molecule has 0 radical (unpaired) electrons. The molecule has 0 saturated carbocycles. The fraction of sp³-hybridized carbons (Fsp3) is 0.429. The first-order valence-corrected chi connectivity index (χ1v) is 6.23. The number of aromatic hydroxyl groups is 1. The highest BCUT2D eigenvalue weighted by atomic mass is 16.5. The summed E-state index contributed by atoms with van der Waals surface area (Å²) >= 11 is 0. The molecule has 0 heterocycles. The molecule has 6 heteroatoms. The predicted octanol–water partition coefficient (Wildman–Crippen LogP) is 1.58. The lowest BCUT2D eigenvalue weighted by Gasteiger charge is -2.23. The van der Waals surface area contributed by atoms with Crippen molar-refractivity contribution in [3.63, 3.8) is 0 Å². The molecule has 1 rings (SSSR count). The number of phenols is 1. The Labute approximate surface area is 117 Å². The van der Waals surface area contributed by atoms with Crippen LogP contribution in [0.15, 0.2) is 18.2 Å². The molecule has 20 heavy (non-hydrogen) atoms. The van der Waals surface area contributed by atoms with E-state index in [2.05, 4.69) is 0 Å². The molecule has 0 fully saturated rings. The van der Waals surface area contributed by atoms with Crippen LogP contribution in [0.1, 0.15) is 24.2 Å². The molecule has 0 unspecified atom stereocenters. The molecule has 1 aromatic carbocycles. The summed E-state index contributed by atoms with van der Waals surface area (Å²) in [5, 5.41) is 18.8. The number of hydrogen-bond acceptors (Lipinski definition) is 4. The zero-order valence-electron chi connectivity index (χ0n) is 11.8. The van der Waals surface area contributed by atoms with Crippen LogP contribution in [0.3, 0.4) is 0 Å². The van der Waals surface area contributed by atoms with E-state index in [9.17, 15) is 14.7 Å². The molecule has 0 saturated heterocycles. The Morgan fingerprint density at radius 3 is 2.50 bits per heavy atom. The predicted molar refractivity (Wildman–Crippen MR) is 73.0 cm³/mol. The van der Waals surface area contributed by atoms with E-state index in [-0.39, 0.29) is 23.0 Å². The molecule has 0 atom stereocenters. The fourth-order valence-electron chi connectivity index (χ4n) is 1.85. The van der Waals surface area contributed by atoms with Crippen LogP contribution in [0.4, 0.5) is 0 Å². The lowest BCUT2D eigenvalue weighted by Crippen LogP contribution is -2.38. The maximum atomic E-state index is 12.4. The smallest absolute Gasteiger partial charge is 0.323 e. The minimum Gasteiger partial charge on any atom is -0.504 e. The van der Waals surface area contributed by atoms with Gasteiger partial charge in [0.25, 0.3) is 5.91 Å². The summed E-state index contributed by atoms with van der Waals surface area (Å²) in [7, 11) is 1.38. The van der Waals surface area contributed by atoms with E-state index in [1.54, 1.807) is 6.07 Å². The topological polar surface area (TPSA) is 87.1 Å². The van der Waals surface area contributed by atoms with Gasteiger partial charge >= 0.3 is 5.97 Å². The Hall–Kier alpha value is -2.24. The molecule has 0 aliphatic heterocycles. The monoisotopic (exact) mass is 281 g/mol. The first-order valence-electron chi connectivity index (χ1n) is 6.23. The Bertz CT molecular complexity index is 498. The number of hydrogen-bond donors (Lipinski definition) is 2. The summed E-state index contributed by atoms with van der Waals surface area (Å²) in [5.41, 5.74) is 0.0336. The largest absolute Gasteiger partial charge is 0.504 e. The van der Waals surface area contributed by atoms with Gasteiger partial charge in [-0.3, -0.25) is 9.59 Å². The van der Waals surface area contributed by atoms with Crippen LogP contribution in [-0.2, 0) is 4.79 Å². The Morgan fingerprint density at radius 2 is 2.00 bits per heavy atom. The second-order valence-electron chi connectivity index (χ2n) is 4.83. The van der Waals surface area contributed by atoms with Crippen molar-refractivity contribution < 1.29 is 24.5 Å². The van der Waals surface area contributed by atoms with Crippen LogP contribution in [0.2, 0.25) is 0 Å². The van der Waals surface area contributed by atoms with Crippen molar-refractivity contribution in [2.24, 2.45) is 5.92 Å². The zero-order chi connectivity index (χ0) is 15.3. The molecular weight excluding hydrogens is 262 g/mol. The highest BCUT2D eigenvalue weighted by Gasteiger charge is 2.23. The molecule has 0 aliphatic rings. The summed E-state index contributed by atoms with van der Waals surface area (Å²) in [6.45, 7) is 3.65. The van der Waals surface area contributed by atoms with E-state index in [4.69, 9.17) is 9.84 Å². The average Bonchev–Trinajstić information content (AvgIpc) is 2.36. The molecular formula is C14H19NO5. The number of carboxylic acid groups (broad SMARTS) is 1. The van der Waals surface area contributed by atoms with E-state index in [1.807, 2.05) is 13.8 Å². The Morgan fingerprint density at radius 1 is 1.35 bits per heavy atom. The first-order chi connectivity index (χ1) is 9.36.